The molecule has 104 valence electrons. The fraction of sp³-hybridized carbons (Fsp3) is 0.727. The van der Waals surface area contributed by atoms with Crippen LogP contribution in [0.2, 0.25) is 0 Å². The molecule has 7 heteroatoms. The quantitative estimate of drug-likeness (QED) is 0.732. The van der Waals surface area contributed by atoms with E-state index < -0.39 is 30.0 Å². The zero-order valence-corrected chi connectivity index (χ0v) is 10.6. The lowest BCUT2D eigenvalue weighted by Crippen LogP contribution is -2.44. The molecule has 0 atom stereocenters. The fourth-order valence-electron chi connectivity index (χ4n) is 1.53. The molecule has 4 nitrogen and oxygen atoms in total. The molecule has 0 aromatic rings. The first-order chi connectivity index (χ1) is 8.00. The van der Waals surface area contributed by atoms with E-state index in [9.17, 15) is 18.0 Å². The molecule has 2 N–H and O–H groups in total. The van der Waals surface area contributed by atoms with Crippen LogP contribution in [0.3, 0.4) is 0 Å². The largest absolute Gasteiger partial charge is 0.444 e. The van der Waals surface area contributed by atoms with Crippen molar-refractivity contribution in [3.63, 3.8) is 0 Å². The van der Waals surface area contributed by atoms with Crippen LogP contribution < -0.4 is 5.73 Å². The van der Waals surface area contributed by atoms with Crippen LogP contribution in [0.15, 0.2) is 11.3 Å². The van der Waals surface area contributed by atoms with Crippen LogP contribution >= 0.6 is 0 Å². The summed E-state index contributed by atoms with van der Waals surface area (Å²) < 4.78 is 43.0. The SMILES string of the molecule is CC(C)(C)OC(=O)N1CCC(N)=C(C(F)(F)F)C1. The first kappa shape index (κ1) is 14.7. The Kier molecular flexibility index (Phi) is 3.83. The minimum atomic E-state index is -4.51. The lowest BCUT2D eigenvalue weighted by Gasteiger charge is -2.32. The van der Waals surface area contributed by atoms with Crippen molar-refractivity contribution in [1.82, 2.24) is 4.90 Å². The van der Waals surface area contributed by atoms with Gasteiger partial charge in [0.15, 0.2) is 0 Å². The molecule has 0 aliphatic carbocycles. The maximum Gasteiger partial charge on any atom is 0.416 e. The summed E-state index contributed by atoms with van der Waals surface area (Å²) in [6, 6.07) is 0. The van der Waals surface area contributed by atoms with Crippen LogP contribution in [-0.4, -0.2) is 35.9 Å². The zero-order chi connectivity index (χ0) is 14.1. The molecule has 1 heterocycles. The van der Waals surface area contributed by atoms with E-state index in [2.05, 4.69) is 0 Å². The summed E-state index contributed by atoms with van der Waals surface area (Å²) >= 11 is 0. The lowest BCUT2D eigenvalue weighted by molar-refractivity contribution is -0.0980. The minimum Gasteiger partial charge on any atom is -0.444 e. The maximum atomic E-state index is 12.6. The number of carbonyl (C=O) groups is 1. The molecular weight excluding hydrogens is 249 g/mol. The molecule has 0 spiro atoms. The van der Waals surface area contributed by atoms with Gasteiger partial charge < -0.3 is 15.4 Å². The van der Waals surface area contributed by atoms with Crippen molar-refractivity contribution in [2.45, 2.75) is 39.0 Å². The summed E-state index contributed by atoms with van der Waals surface area (Å²) in [5.74, 6) is 0. The van der Waals surface area contributed by atoms with Gasteiger partial charge in [-0.2, -0.15) is 13.2 Å². The predicted octanol–water partition coefficient (Wildman–Crippen LogP) is 2.40. The maximum absolute atomic E-state index is 12.6. The highest BCUT2D eigenvalue weighted by Gasteiger charge is 2.40. The Morgan fingerprint density at radius 2 is 1.89 bits per heavy atom. The Bertz CT molecular complexity index is 369. The second-order valence-corrected chi connectivity index (χ2v) is 5.15. The van der Waals surface area contributed by atoms with E-state index in [1.165, 1.54) is 0 Å². The Hall–Kier alpha value is -1.40. The van der Waals surface area contributed by atoms with Gasteiger partial charge in [0.05, 0.1) is 12.1 Å². The summed E-state index contributed by atoms with van der Waals surface area (Å²) in [4.78, 5) is 12.7. The van der Waals surface area contributed by atoms with Gasteiger partial charge in [-0.1, -0.05) is 0 Å². The van der Waals surface area contributed by atoms with Gasteiger partial charge in [0, 0.05) is 18.7 Å². The topological polar surface area (TPSA) is 55.6 Å². The standard InChI is InChI=1S/C11H17F3N2O2/c1-10(2,3)18-9(17)16-5-4-8(15)7(6-16)11(12,13)14/h4-6,15H2,1-3H3. The molecule has 18 heavy (non-hydrogen) atoms. The van der Waals surface area contributed by atoms with Gasteiger partial charge in [0.2, 0.25) is 0 Å². The Labute approximate surface area is 104 Å². The fourth-order valence-corrected chi connectivity index (χ4v) is 1.53. The third kappa shape index (κ3) is 3.82. The van der Waals surface area contributed by atoms with Gasteiger partial charge in [0.1, 0.15) is 5.60 Å². The summed E-state index contributed by atoms with van der Waals surface area (Å²) in [5.41, 5.74) is 3.53. The number of hydrogen-bond donors (Lipinski definition) is 1. The highest BCUT2D eigenvalue weighted by Crippen LogP contribution is 2.31. The number of alkyl halides is 3. The van der Waals surface area contributed by atoms with Crippen molar-refractivity contribution in [3.8, 4) is 0 Å². The van der Waals surface area contributed by atoms with Gasteiger partial charge in [-0.15, -0.1) is 0 Å². The first-order valence-corrected chi connectivity index (χ1v) is 5.53. The molecule has 0 fully saturated rings. The van der Waals surface area contributed by atoms with Crippen molar-refractivity contribution < 1.29 is 22.7 Å². The number of nitrogens with zero attached hydrogens (tertiary/aromatic N) is 1. The lowest BCUT2D eigenvalue weighted by atomic mass is 10.1. The van der Waals surface area contributed by atoms with Crippen LogP contribution in [0.25, 0.3) is 0 Å². The molecule has 1 rings (SSSR count). The molecule has 1 amide bonds. The monoisotopic (exact) mass is 266 g/mol. The molecule has 0 aromatic heterocycles. The summed E-state index contributed by atoms with van der Waals surface area (Å²) in [6.07, 6.45) is -5.25. The van der Waals surface area contributed by atoms with Crippen molar-refractivity contribution in [2.75, 3.05) is 13.1 Å². The third-order valence-electron chi connectivity index (χ3n) is 2.38. The average Bonchev–Trinajstić information content (AvgIpc) is 2.13. The van der Waals surface area contributed by atoms with Gasteiger partial charge in [-0.05, 0) is 20.8 Å². The van der Waals surface area contributed by atoms with Crippen LogP contribution in [-0.2, 0) is 4.74 Å². The number of hydrogen-bond acceptors (Lipinski definition) is 3. The molecule has 0 aromatic carbocycles. The third-order valence-corrected chi connectivity index (χ3v) is 2.38. The summed E-state index contributed by atoms with van der Waals surface area (Å²) in [7, 11) is 0. The van der Waals surface area contributed by atoms with Gasteiger partial charge in [-0.3, -0.25) is 0 Å². The number of carbonyl (C=O) groups excluding carboxylic acids is 1. The molecule has 0 unspecified atom stereocenters. The second-order valence-electron chi connectivity index (χ2n) is 5.15. The van der Waals surface area contributed by atoms with Crippen molar-refractivity contribution in [2.24, 2.45) is 5.73 Å². The highest BCUT2D eigenvalue weighted by molar-refractivity contribution is 5.69. The van der Waals surface area contributed by atoms with E-state index in [1.54, 1.807) is 20.8 Å². The number of rotatable bonds is 0. The van der Waals surface area contributed by atoms with Gasteiger partial charge >= 0.3 is 12.3 Å². The molecule has 0 radical (unpaired) electrons. The molecule has 1 aliphatic rings. The van der Waals surface area contributed by atoms with Crippen molar-refractivity contribution >= 4 is 6.09 Å². The van der Waals surface area contributed by atoms with E-state index >= 15 is 0 Å². The minimum absolute atomic E-state index is 0.00802. The van der Waals surface area contributed by atoms with E-state index in [-0.39, 0.29) is 18.7 Å². The predicted molar refractivity (Wildman–Crippen MR) is 59.7 cm³/mol. The highest BCUT2D eigenvalue weighted by atomic mass is 19.4. The smallest absolute Gasteiger partial charge is 0.416 e. The normalized spacial score (nSPS) is 18.0. The number of nitrogens with two attached hydrogens (primary N) is 1. The van der Waals surface area contributed by atoms with E-state index in [0.29, 0.717) is 0 Å². The Balaban J connectivity index is 2.78. The van der Waals surface area contributed by atoms with E-state index in [4.69, 9.17) is 10.5 Å². The van der Waals surface area contributed by atoms with Gasteiger partial charge in [0.25, 0.3) is 0 Å². The van der Waals surface area contributed by atoms with E-state index in [1.807, 2.05) is 0 Å². The van der Waals surface area contributed by atoms with Crippen molar-refractivity contribution in [3.05, 3.63) is 11.3 Å². The number of halogens is 3. The molecule has 0 saturated carbocycles. The molecule has 1 aliphatic heterocycles. The van der Waals surface area contributed by atoms with Crippen LogP contribution in [0.5, 0.6) is 0 Å². The summed E-state index contributed by atoms with van der Waals surface area (Å²) in [6.45, 7) is 4.56. The zero-order valence-electron chi connectivity index (χ0n) is 10.6. The van der Waals surface area contributed by atoms with Crippen molar-refractivity contribution in [1.29, 1.82) is 0 Å². The first-order valence-electron chi connectivity index (χ1n) is 5.53. The van der Waals surface area contributed by atoms with Crippen LogP contribution in [0.4, 0.5) is 18.0 Å². The number of amides is 1. The molecule has 0 saturated heterocycles. The van der Waals surface area contributed by atoms with Crippen LogP contribution in [0.1, 0.15) is 27.2 Å². The average molecular weight is 266 g/mol. The Morgan fingerprint density at radius 1 is 1.33 bits per heavy atom. The second kappa shape index (κ2) is 4.70. The molecule has 0 bridgehead atoms. The number of ether oxygens (including phenoxy) is 1. The van der Waals surface area contributed by atoms with Crippen LogP contribution in [0, 0.1) is 0 Å². The molecular formula is C11H17F3N2O2. The van der Waals surface area contributed by atoms with E-state index in [0.717, 1.165) is 4.90 Å². The Morgan fingerprint density at radius 3 is 2.33 bits per heavy atom. The van der Waals surface area contributed by atoms with Gasteiger partial charge in [-0.25, -0.2) is 4.79 Å². The summed E-state index contributed by atoms with van der Waals surface area (Å²) in [5, 5.41) is 0.